The van der Waals surface area contributed by atoms with Gasteiger partial charge in [0.25, 0.3) is 5.69 Å². The number of rotatable bonds is 5. The van der Waals surface area contributed by atoms with Crippen molar-refractivity contribution < 1.29 is 9.66 Å². The summed E-state index contributed by atoms with van der Waals surface area (Å²) in [6.45, 7) is 4.45. The Morgan fingerprint density at radius 3 is 2.60 bits per heavy atom. The summed E-state index contributed by atoms with van der Waals surface area (Å²) >= 11 is 0. The predicted octanol–water partition coefficient (Wildman–Crippen LogP) is 3.83. The number of hydrogen-bond acceptors (Lipinski definition) is 3. The van der Waals surface area contributed by atoms with E-state index in [1.54, 1.807) is 18.2 Å². The Labute approximate surface area is 118 Å². The molecule has 0 fully saturated rings. The van der Waals surface area contributed by atoms with Gasteiger partial charge in [-0.1, -0.05) is 35.9 Å². The molecule has 2 rings (SSSR count). The van der Waals surface area contributed by atoms with Crippen molar-refractivity contribution in [1.29, 1.82) is 0 Å². The van der Waals surface area contributed by atoms with Crippen LogP contribution in [0, 0.1) is 24.0 Å². The first-order valence-corrected chi connectivity index (χ1v) is 6.50. The number of hydrogen-bond donors (Lipinski definition) is 0. The second kappa shape index (κ2) is 6.19. The SMILES string of the molecule is Cc1ccc(OCCc2ccccc2[N+](=O)[O-])c(C)c1. The van der Waals surface area contributed by atoms with Crippen molar-refractivity contribution in [2.24, 2.45) is 0 Å². The van der Waals surface area contributed by atoms with E-state index in [1.807, 2.05) is 26.0 Å². The topological polar surface area (TPSA) is 52.4 Å². The number of ether oxygens (including phenoxy) is 1. The zero-order valence-electron chi connectivity index (χ0n) is 11.6. The van der Waals surface area contributed by atoms with Gasteiger partial charge in [-0.05, 0) is 25.5 Å². The number of para-hydroxylation sites is 1. The van der Waals surface area contributed by atoms with Crippen LogP contribution in [-0.4, -0.2) is 11.5 Å². The van der Waals surface area contributed by atoms with Gasteiger partial charge >= 0.3 is 0 Å². The molecule has 2 aromatic rings. The smallest absolute Gasteiger partial charge is 0.272 e. The largest absolute Gasteiger partial charge is 0.493 e. The number of nitro groups is 1. The normalized spacial score (nSPS) is 10.3. The van der Waals surface area contributed by atoms with Crippen LogP contribution in [0.1, 0.15) is 16.7 Å². The van der Waals surface area contributed by atoms with Gasteiger partial charge in [-0.2, -0.15) is 0 Å². The van der Waals surface area contributed by atoms with E-state index in [2.05, 4.69) is 6.07 Å². The maximum absolute atomic E-state index is 10.9. The summed E-state index contributed by atoms with van der Waals surface area (Å²) < 4.78 is 5.71. The van der Waals surface area contributed by atoms with Crippen molar-refractivity contribution in [3.8, 4) is 5.75 Å². The maximum atomic E-state index is 10.9. The lowest BCUT2D eigenvalue weighted by atomic mass is 10.1. The van der Waals surface area contributed by atoms with Crippen LogP contribution >= 0.6 is 0 Å². The van der Waals surface area contributed by atoms with Gasteiger partial charge in [-0.15, -0.1) is 0 Å². The molecule has 0 heterocycles. The average Bonchev–Trinajstić information content (AvgIpc) is 2.41. The van der Waals surface area contributed by atoms with Crippen LogP contribution < -0.4 is 4.74 Å². The third-order valence-electron chi connectivity index (χ3n) is 3.15. The lowest BCUT2D eigenvalue weighted by molar-refractivity contribution is -0.385. The Morgan fingerprint density at radius 1 is 1.15 bits per heavy atom. The Bertz CT molecular complexity index is 623. The molecule has 0 radical (unpaired) electrons. The van der Waals surface area contributed by atoms with Crippen molar-refractivity contribution in [2.75, 3.05) is 6.61 Å². The van der Waals surface area contributed by atoms with Crippen LogP contribution in [0.15, 0.2) is 42.5 Å². The summed E-state index contributed by atoms with van der Waals surface area (Å²) in [6.07, 6.45) is 0.518. The van der Waals surface area contributed by atoms with Crippen LogP contribution in [0.3, 0.4) is 0 Å². The first kappa shape index (κ1) is 14.1. The fourth-order valence-electron chi connectivity index (χ4n) is 2.13. The van der Waals surface area contributed by atoms with Crippen molar-refractivity contribution in [2.45, 2.75) is 20.3 Å². The molecule has 0 aromatic heterocycles. The number of nitro benzene ring substituents is 1. The highest BCUT2D eigenvalue weighted by Gasteiger charge is 2.12. The molecule has 0 saturated carbocycles. The van der Waals surface area contributed by atoms with E-state index in [1.165, 1.54) is 11.6 Å². The summed E-state index contributed by atoms with van der Waals surface area (Å²) in [5.41, 5.74) is 3.11. The summed E-state index contributed by atoms with van der Waals surface area (Å²) in [4.78, 5) is 10.6. The van der Waals surface area contributed by atoms with Crippen LogP contribution in [0.25, 0.3) is 0 Å². The van der Waals surface area contributed by atoms with Crippen molar-refractivity contribution in [3.05, 3.63) is 69.3 Å². The third-order valence-corrected chi connectivity index (χ3v) is 3.15. The standard InChI is InChI=1S/C16H17NO3/c1-12-7-8-16(13(2)11-12)20-10-9-14-5-3-4-6-15(14)17(18)19/h3-8,11H,9-10H2,1-2H3. The Morgan fingerprint density at radius 2 is 1.90 bits per heavy atom. The van der Waals surface area contributed by atoms with E-state index in [0.29, 0.717) is 18.6 Å². The van der Waals surface area contributed by atoms with E-state index in [0.717, 1.165) is 11.3 Å². The first-order valence-electron chi connectivity index (χ1n) is 6.50. The van der Waals surface area contributed by atoms with Gasteiger partial charge in [0.2, 0.25) is 0 Å². The van der Waals surface area contributed by atoms with Gasteiger partial charge in [0.05, 0.1) is 11.5 Å². The van der Waals surface area contributed by atoms with E-state index in [9.17, 15) is 10.1 Å². The Kier molecular flexibility index (Phi) is 4.35. The quantitative estimate of drug-likeness (QED) is 0.613. The molecular formula is C16H17NO3. The van der Waals surface area contributed by atoms with Gasteiger partial charge in [-0.3, -0.25) is 10.1 Å². The monoisotopic (exact) mass is 271 g/mol. The van der Waals surface area contributed by atoms with E-state index in [-0.39, 0.29) is 10.6 Å². The molecule has 0 aliphatic heterocycles. The van der Waals surface area contributed by atoms with Crippen molar-refractivity contribution in [1.82, 2.24) is 0 Å². The molecule has 0 aliphatic carbocycles. The number of aryl methyl sites for hydroxylation is 2. The van der Waals surface area contributed by atoms with Crippen LogP contribution in [-0.2, 0) is 6.42 Å². The highest BCUT2D eigenvalue weighted by Crippen LogP contribution is 2.21. The average molecular weight is 271 g/mol. The van der Waals surface area contributed by atoms with Crippen molar-refractivity contribution in [3.63, 3.8) is 0 Å². The molecular weight excluding hydrogens is 254 g/mol. The van der Waals surface area contributed by atoms with Crippen LogP contribution in [0.2, 0.25) is 0 Å². The highest BCUT2D eigenvalue weighted by atomic mass is 16.6. The summed E-state index contributed by atoms with van der Waals surface area (Å²) in [5.74, 6) is 0.828. The Balaban J connectivity index is 2.01. The molecule has 20 heavy (non-hydrogen) atoms. The van der Waals surface area contributed by atoms with Crippen molar-refractivity contribution >= 4 is 5.69 Å². The van der Waals surface area contributed by atoms with E-state index < -0.39 is 0 Å². The molecule has 0 unspecified atom stereocenters. The lowest BCUT2D eigenvalue weighted by Crippen LogP contribution is -2.04. The summed E-state index contributed by atoms with van der Waals surface area (Å²) in [7, 11) is 0. The third kappa shape index (κ3) is 3.35. The molecule has 0 spiro atoms. The fourth-order valence-corrected chi connectivity index (χ4v) is 2.13. The van der Waals surface area contributed by atoms with E-state index >= 15 is 0 Å². The van der Waals surface area contributed by atoms with Gasteiger partial charge in [0, 0.05) is 18.1 Å². The molecule has 0 aliphatic rings. The molecule has 4 nitrogen and oxygen atoms in total. The number of nitrogens with zero attached hydrogens (tertiary/aromatic N) is 1. The summed E-state index contributed by atoms with van der Waals surface area (Å²) in [6, 6.07) is 12.7. The molecule has 4 heteroatoms. The fraction of sp³-hybridized carbons (Fsp3) is 0.250. The van der Waals surface area contributed by atoms with Gasteiger partial charge in [0.15, 0.2) is 0 Å². The maximum Gasteiger partial charge on any atom is 0.272 e. The Hall–Kier alpha value is -2.36. The van der Waals surface area contributed by atoms with Gasteiger partial charge < -0.3 is 4.74 Å². The van der Waals surface area contributed by atoms with E-state index in [4.69, 9.17) is 4.74 Å². The molecule has 0 N–H and O–H groups in total. The zero-order valence-corrected chi connectivity index (χ0v) is 11.6. The predicted molar refractivity (Wildman–Crippen MR) is 78.2 cm³/mol. The summed E-state index contributed by atoms with van der Waals surface area (Å²) in [5, 5.41) is 10.9. The van der Waals surface area contributed by atoms with Crippen LogP contribution in [0.5, 0.6) is 5.75 Å². The highest BCUT2D eigenvalue weighted by molar-refractivity contribution is 5.40. The molecule has 2 aromatic carbocycles. The lowest BCUT2D eigenvalue weighted by Gasteiger charge is -2.09. The minimum atomic E-state index is -0.355. The zero-order chi connectivity index (χ0) is 14.5. The second-order valence-corrected chi connectivity index (χ2v) is 4.75. The first-order chi connectivity index (χ1) is 9.58. The number of benzene rings is 2. The molecule has 0 saturated heterocycles. The molecule has 0 bridgehead atoms. The molecule has 0 amide bonds. The van der Waals surface area contributed by atoms with Gasteiger partial charge in [-0.25, -0.2) is 0 Å². The molecule has 104 valence electrons. The molecule has 0 atom stereocenters. The van der Waals surface area contributed by atoms with Gasteiger partial charge in [0.1, 0.15) is 5.75 Å². The second-order valence-electron chi connectivity index (χ2n) is 4.75. The minimum Gasteiger partial charge on any atom is -0.493 e. The van der Waals surface area contributed by atoms with Crippen LogP contribution in [0.4, 0.5) is 5.69 Å². The minimum absolute atomic E-state index is 0.150.